The van der Waals surface area contributed by atoms with Crippen LogP contribution in [-0.2, 0) is 28.1 Å². The van der Waals surface area contributed by atoms with Crippen molar-refractivity contribution in [3.63, 3.8) is 0 Å². The number of nitrogens with zero attached hydrogens (tertiary/aromatic N) is 4. The molecule has 23 heavy (non-hydrogen) atoms. The molecule has 1 amide bonds. The van der Waals surface area contributed by atoms with Crippen molar-refractivity contribution in [2.24, 2.45) is 7.05 Å². The number of halogens is 1. The zero-order valence-corrected chi connectivity index (χ0v) is 13.2. The van der Waals surface area contributed by atoms with Gasteiger partial charge in [0.1, 0.15) is 17.4 Å². The molecule has 0 atom stereocenters. The number of sulfone groups is 1. The molecule has 0 aliphatic carbocycles. The third-order valence-corrected chi connectivity index (χ3v) is 5.89. The molecule has 0 unspecified atom stereocenters. The molecule has 1 aromatic heterocycles. The van der Waals surface area contributed by atoms with Crippen LogP contribution >= 0.6 is 0 Å². The monoisotopic (exact) mass is 338 g/mol. The third-order valence-electron chi connectivity index (χ3n) is 3.83. The van der Waals surface area contributed by atoms with Crippen LogP contribution in [0.4, 0.5) is 4.39 Å². The summed E-state index contributed by atoms with van der Waals surface area (Å²) in [7, 11) is -2.03. The first-order chi connectivity index (χ1) is 10.9. The molecule has 1 aromatic carbocycles. The number of carbonyl (C=O) groups is 1. The Morgan fingerprint density at radius 2 is 1.96 bits per heavy atom. The molecular formula is C14H15FN4O3S. The first-order valence-electron chi connectivity index (χ1n) is 6.98. The van der Waals surface area contributed by atoms with Gasteiger partial charge in [-0.1, -0.05) is 12.1 Å². The third kappa shape index (κ3) is 2.96. The number of rotatable bonds is 4. The van der Waals surface area contributed by atoms with E-state index in [9.17, 15) is 17.6 Å². The van der Waals surface area contributed by atoms with E-state index >= 15 is 0 Å². The number of likely N-dealkylation sites (tertiary alicyclic amines) is 1. The van der Waals surface area contributed by atoms with Gasteiger partial charge in [-0.2, -0.15) is 0 Å². The van der Waals surface area contributed by atoms with Crippen LogP contribution in [0.5, 0.6) is 0 Å². The van der Waals surface area contributed by atoms with E-state index in [1.807, 2.05) is 0 Å². The highest BCUT2D eigenvalue weighted by atomic mass is 32.2. The van der Waals surface area contributed by atoms with Crippen molar-refractivity contribution in [2.45, 2.75) is 16.8 Å². The average molecular weight is 338 g/mol. The number of aromatic nitrogens is 3. The van der Waals surface area contributed by atoms with E-state index in [-0.39, 0.29) is 36.4 Å². The number of aryl methyl sites for hydroxylation is 1. The normalized spacial score (nSPS) is 15.5. The fourth-order valence-electron chi connectivity index (χ4n) is 2.41. The summed E-state index contributed by atoms with van der Waals surface area (Å²) in [4.78, 5) is 13.6. The van der Waals surface area contributed by atoms with Gasteiger partial charge in [-0.05, 0) is 17.7 Å². The van der Waals surface area contributed by atoms with E-state index in [1.54, 1.807) is 19.2 Å². The minimum absolute atomic E-state index is 0.0897. The smallest absolute Gasteiger partial charge is 0.249 e. The summed E-state index contributed by atoms with van der Waals surface area (Å²) in [5.41, 5.74) is 0.691. The van der Waals surface area contributed by atoms with Crippen molar-refractivity contribution in [2.75, 3.05) is 13.1 Å². The maximum atomic E-state index is 12.8. The highest BCUT2D eigenvalue weighted by Crippen LogP contribution is 2.22. The molecule has 0 radical (unpaired) electrons. The van der Waals surface area contributed by atoms with Gasteiger partial charge in [0.25, 0.3) is 0 Å². The van der Waals surface area contributed by atoms with E-state index in [0.29, 0.717) is 5.56 Å². The van der Waals surface area contributed by atoms with Crippen LogP contribution in [0.2, 0.25) is 0 Å². The Morgan fingerprint density at radius 3 is 2.52 bits per heavy atom. The first-order valence-corrected chi connectivity index (χ1v) is 8.52. The van der Waals surface area contributed by atoms with Crippen LogP contribution in [0, 0.1) is 5.82 Å². The van der Waals surface area contributed by atoms with Gasteiger partial charge in [-0.15, -0.1) is 10.2 Å². The highest BCUT2D eigenvalue weighted by Gasteiger charge is 2.42. The second-order valence-electron chi connectivity index (χ2n) is 5.49. The van der Waals surface area contributed by atoms with Crippen molar-refractivity contribution in [1.82, 2.24) is 19.7 Å². The minimum Gasteiger partial charge on any atom is -0.340 e. The topological polar surface area (TPSA) is 85.2 Å². The summed E-state index contributed by atoms with van der Waals surface area (Å²) in [6.07, 6.45) is 1.44. The Morgan fingerprint density at radius 1 is 1.30 bits per heavy atom. The van der Waals surface area contributed by atoms with Gasteiger partial charge in [0, 0.05) is 20.1 Å². The summed E-state index contributed by atoms with van der Waals surface area (Å²) >= 11 is 0. The molecule has 0 N–H and O–H groups in total. The van der Waals surface area contributed by atoms with Crippen molar-refractivity contribution in [3.05, 3.63) is 42.0 Å². The highest BCUT2D eigenvalue weighted by molar-refractivity contribution is 7.92. The molecule has 0 bridgehead atoms. The molecule has 1 fully saturated rings. The Bertz CT molecular complexity index is 826. The minimum atomic E-state index is -3.59. The van der Waals surface area contributed by atoms with Crippen molar-refractivity contribution < 1.29 is 17.6 Å². The average Bonchev–Trinajstić information content (AvgIpc) is 2.86. The van der Waals surface area contributed by atoms with E-state index in [2.05, 4.69) is 10.2 Å². The second-order valence-corrected chi connectivity index (χ2v) is 7.62. The van der Waals surface area contributed by atoms with E-state index in [0.717, 1.165) is 0 Å². The molecule has 122 valence electrons. The Hall–Kier alpha value is -2.29. The number of amides is 1. The SMILES string of the molecule is Cn1cnnc1S(=O)(=O)C1CN(C(=O)Cc2ccc(F)cc2)C1. The molecule has 0 saturated carbocycles. The molecule has 2 aromatic rings. The fraction of sp³-hybridized carbons (Fsp3) is 0.357. The van der Waals surface area contributed by atoms with Crippen LogP contribution in [-0.4, -0.2) is 52.3 Å². The Labute approximate surface area is 132 Å². The van der Waals surface area contributed by atoms with E-state index < -0.39 is 15.1 Å². The molecule has 2 heterocycles. The van der Waals surface area contributed by atoms with Crippen LogP contribution < -0.4 is 0 Å². The molecule has 7 nitrogen and oxygen atoms in total. The van der Waals surface area contributed by atoms with E-state index in [4.69, 9.17) is 0 Å². The van der Waals surface area contributed by atoms with Gasteiger partial charge in [-0.25, -0.2) is 12.8 Å². The largest absolute Gasteiger partial charge is 0.340 e. The lowest BCUT2D eigenvalue weighted by molar-refractivity contribution is -0.133. The fourth-order valence-corrected chi connectivity index (χ4v) is 4.07. The van der Waals surface area contributed by atoms with Crippen LogP contribution in [0.25, 0.3) is 0 Å². The summed E-state index contributed by atoms with van der Waals surface area (Å²) < 4.78 is 38.9. The van der Waals surface area contributed by atoms with Crippen LogP contribution in [0.15, 0.2) is 35.7 Å². The zero-order valence-electron chi connectivity index (χ0n) is 12.4. The molecule has 3 rings (SSSR count). The quantitative estimate of drug-likeness (QED) is 0.794. The maximum absolute atomic E-state index is 12.8. The number of benzene rings is 1. The maximum Gasteiger partial charge on any atom is 0.249 e. The van der Waals surface area contributed by atoms with E-state index in [1.165, 1.54) is 27.9 Å². The Kier molecular flexibility index (Phi) is 3.88. The number of hydrogen-bond acceptors (Lipinski definition) is 5. The van der Waals surface area contributed by atoms with Gasteiger partial charge in [0.2, 0.25) is 20.9 Å². The van der Waals surface area contributed by atoms with Gasteiger partial charge in [-0.3, -0.25) is 4.79 Å². The lowest BCUT2D eigenvalue weighted by Crippen LogP contribution is -2.57. The molecule has 1 aliphatic heterocycles. The summed E-state index contributed by atoms with van der Waals surface area (Å²) in [6, 6.07) is 5.67. The van der Waals surface area contributed by atoms with Crippen LogP contribution in [0.3, 0.4) is 0 Å². The Balaban J connectivity index is 1.61. The zero-order chi connectivity index (χ0) is 16.6. The molecule has 0 spiro atoms. The summed E-state index contributed by atoms with van der Waals surface area (Å²) in [6.45, 7) is 0.268. The molecule has 1 aliphatic rings. The van der Waals surface area contributed by atoms with Crippen LogP contribution in [0.1, 0.15) is 5.56 Å². The lowest BCUT2D eigenvalue weighted by atomic mass is 10.1. The lowest BCUT2D eigenvalue weighted by Gasteiger charge is -2.38. The first kappa shape index (κ1) is 15.6. The molecule has 9 heteroatoms. The molecular weight excluding hydrogens is 323 g/mol. The predicted molar refractivity (Wildman–Crippen MR) is 78.7 cm³/mol. The van der Waals surface area contributed by atoms with Crippen molar-refractivity contribution >= 4 is 15.7 Å². The summed E-state index contributed by atoms with van der Waals surface area (Å²) in [5.74, 6) is -0.541. The second kappa shape index (κ2) is 5.73. The molecule has 1 saturated heterocycles. The van der Waals surface area contributed by atoms with Crippen molar-refractivity contribution in [1.29, 1.82) is 0 Å². The number of hydrogen-bond donors (Lipinski definition) is 0. The van der Waals surface area contributed by atoms with Gasteiger partial charge in [0.15, 0.2) is 0 Å². The van der Waals surface area contributed by atoms with Gasteiger partial charge < -0.3 is 9.47 Å². The van der Waals surface area contributed by atoms with Gasteiger partial charge >= 0.3 is 0 Å². The number of carbonyl (C=O) groups excluding carboxylic acids is 1. The van der Waals surface area contributed by atoms with Crippen molar-refractivity contribution in [3.8, 4) is 0 Å². The van der Waals surface area contributed by atoms with Gasteiger partial charge in [0.05, 0.1) is 6.42 Å². The standard InChI is InChI=1S/C14H15FN4O3S/c1-18-9-16-17-14(18)23(21,22)12-7-19(8-12)13(20)6-10-2-4-11(15)5-3-10/h2-5,9,12H,6-8H2,1H3. The predicted octanol–water partition coefficient (Wildman–Crippen LogP) is 0.181. The summed E-state index contributed by atoms with van der Waals surface area (Å²) in [5, 5.41) is 6.44.